The van der Waals surface area contributed by atoms with Crippen molar-refractivity contribution in [1.29, 1.82) is 0 Å². The summed E-state index contributed by atoms with van der Waals surface area (Å²) < 4.78 is 0. The van der Waals surface area contributed by atoms with Crippen molar-refractivity contribution in [2.45, 2.75) is 13.3 Å². The third-order valence-corrected chi connectivity index (χ3v) is 1.83. The van der Waals surface area contributed by atoms with Crippen molar-refractivity contribution < 1.29 is 26.8 Å². The average molecular weight is 323 g/mol. The van der Waals surface area contributed by atoms with Crippen molar-refractivity contribution in [3.8, 4) is 0 Å². The van der Waals surface area contributed by atoms with Gasteiger partial charge in [-0.1, -0.05) is 12.2 Å². The monoisotopic (exact) mass is 322 g/mol. The Morgan fingerprint density at radius 3 is 2.28 bits per heavy atom. The van der Waals surface area contributed by atoms with Crippen LogP contribution in [0.2, 0.25) is 0 Å². The van der Waals surface area contributed by atoms with Crippen molar-refractivity contribution in [2.75, 3.05) is 6.61 Å². The molecule has 1 nitrogen and oxygen atoms in total. The molecule has 0 spiro atoms. The Kier molecular flexibility index (Phi) is 25.0. The maximum absolute atomic E-state index is 7.57. The van der Waals surface area contributed by atoms with Crippen LogP contribution < -0.4 is 0 Å². The number of benzene rings is 1. The number of rotatable bonds is 1. The summed E-state index contributed by atoms with van der Waals surface area (Å²) >= 11 is 0. The fourth-order valence-electron chi connectivity index (χ4n) is 1.24. The Balaban J connectivity index is -0.000000129. The van der Waals surface area contributed by atoms with E-state index in [0.717, 1.165) is 6.42 Å². The smallest absolute Gasteiger partial charge is 0.397 e. The molecule has 0 amide bonds. The first-order valence-corrected chi connectivity index (χ1v) is 4.82. The van der Waals surface area contributed by atoms with Gasteiger partial charge in [-0.05, 0) is 13.3 Å². The van der Waals surface area contributed by atoms with Crippen LogP contribution >= 0.6 is 24.8 Å². The van der Waals surface area contributed by atoms with E-state index in [-0.39, 0.29) is 60.6 Å². The van der Waals surface area contributed by atoms with E-state index in [9.17, 15) is 0 Å². The van der Waals surface area contributed by atoms with Gasteiger partial charge in [0.2, 0.25) is 0 Å². The quantitative estimate of drug-likeness (QED) is 0.609. The van der Waals surface area contributed by atoms with Crippen LogP contribution in [0.4, 0.5) is 0 Å². The Bertz CT molecular complexity index is 324. The van der Waals surface area contributed by atoms with Gasteiger partial charge in [0.05, 0.1) is 0 Å². The molecular formula is C14H20Cl2OTi. The zero-order valence-corrected chi connectivity index (χ0v) is 13.9. The minimum atomic E-state index is 0. The number of allylic oxidation sites excluding steroid dienone is 4. The van der Waals surface area contributed by atoms with Crippen molar-refractivity contribution in [3.05, 3.63) is 61.5 Å². The van der Waals surface area contributed by atoms with Gasteiger partial charge < -0.3 is 12.5 Å². The molecule has 18 heavy (non-hydrogen) atoms. The van der Waals surface area contributed by atoms with Crippen molar-refractivity contribution >= 4 is 30.4 Å². The van der Waals surface area contributed by atoms with E-state index < -0.39 is 0 Å². The molecule has 1 aliphatic carbocycles. The summed E-state index contributed by atoms with van der Waals surface area (Å²) in [7, 11) is 0. The van der Waals surface area contributed by atoms with E-state index >= 15 is 0 Å². The summed E-state index contributed by atoms with van der Waals surface area (Å²) in [6.07, 6.45) is 7.46. The molecule has 0 atom stereocenters. The predicted octanol–water partition coefficient (Wildman–Crippen LogP) is 4.12. The molecule has 100 valence electrons. The first kappa shape index (κ1) is 26.5. The second-order valence-electron chi connectivity index (χ2n) is 2.92. The molecule has 0 aromatic heterocycles. The Morgan fingerprint density at radius 1 is 1.28 bits per heavy atom. The number of hydrogen-bond acceptors (Lipinski definition) is 1. The second kappa shape index (κ2) is 17.0. The van der Waals surface area contributed by atoms with Crippen LogP contribution in [0.1, 0.15) is 18.9 Å². The summed E-state index contributed by atoms with van der Waals surface area (Å²) in [5.74, 6) is 0. The molecule has 0 unspecified atom stereocenters. The Hall–Kier alpha value is -0.0457. The van der Waals surface area contributed by atoms with Crippen molar-refractivity contribution in [3.63, 3.8) is 0 Å². The molecule has 0 fully saturated rings. The van der Waals surface area contributed by atoms with Gasteiger partial charge in [0, 0.05) is 6.61 Å². The molecule has 0 heterocycles. The molecule has 1 aromatic carbocycles. The number of halogens is 2. The van der Waals surface area contributed by atoms with Crippen LogP contribution in [-0.4, -0.2) is 11.7 Å². The summed E-state index contributed by atoms with van der Waals surface area (Å²) in [5, 5.41) is 7.57. The maximum Gasteiger partial charge on any atom is 2.00 e. The van der Waals surface area contributed by atoms with Crippen LogP contribution in [0.25, 0.3) is 5.57 Å². The van der Waals surface area contributed by atoms with Gasteiger partial charge in [0.1, 0.15) is 0 Å². The van der Waals surface area contributed by atoms with Gasteiger partial charge in [-0.3, -0.25) is 0 Å². The van der Waals surface area contributed by atoms with E-state index in [1.807, 2.05) is 18.2 Å². The first-order valence-electron chi connectivity index (χ1n) is 4.82. The molecule has 0 saturated heterocycles. The van der Waals surface area contributed by atoms with Crippen LogP contribution in [0, 0.1) is 13.5 Å². The normalized spacial score (nSPS) is 10.2. The van der Waals surface area contributed by atoms with Crippen molar-refractivity contribution in [2.24, 2.45) is 0 Å². The van der Waals surface area contributed by atoms with Gasteiger partial charge in [-0.15, -0.1) is 72.4 Å². The number of hydrogen-bond donors (Lipinski definition) is 1. The van der Waals surface area contributed by atoms with Crippen LogP contribution in [0.15, 0.2) is 42.5 Å². The molecule has 0 bridgehead atoms. The van der Waals surface area contributed by atoms with Gasteiger partial charge >= 0.3 is 21.7 Å². The molecule has 1 N–H and O–H groups in total. The van der Waals surface area contributed by atoms with E-state index in [2.05, 4.69) is 30.4 Å². The minimum Gasteiger partial charge on any atom is -0.397 e. The summed E-state index contributed by atoms with van der Waals surface area (Å²) in [6, 6.07) is 11.3. The molecule has 1 aliphatic rings. The molecular weight excluding hydrogens is 303 g/mol. The Morgan fingerprint density at radius 2 is 1.89 bits per heavy atom. The van der Waals surface area contributed by atoms with Crippen molar-refractivity contribution in [1.82, 2.24) is 0 Å². The molecule has 2 rings (SSSR count). The molecule has 4 heteroatoms. The number of aliphatic hydroxyl groups excluding tert-OH is 1. The van der Waals surface area contributed by atoms with Crippen LogP contribution in [0.5, 0.6) is 0 Å². The molecule has 0 aliphatic heterocycles. The predicted molar refractivity (Wildman–Crippen MR) is 80.7 cm³/mol. The minimum absolute atomic E-state index is 0. The zero-order valence-electron chi connectivity index (χ0n) is 10.7. The summed E-state index contributed by atoms with van der Waals surface area (Å²) in [6.45, 7) is 1.93. The van der Waals surface area contributed by atoms with Gasteiger partial charge in [0.15, 0.2) is 0 Å². The van der Waals surface area contributed by atoms with E-state index in [0.29, 0.717) is 0 Å². The van der Waals surface area contributed by atoms with E-state index in [1.165, 1.54) is 11.1 Å². The third kappa shape index (κ3) is 9.93. The fraction of sp³-hybridized carbons (Fsp3) is 0.214. The second-order valence-corrected chi connectivity index (χ2v) is 2.92. The molecule has 0 radical (unpaired) electrons. The SMILES string of the molecule is CCO.Cl.Cl.[CH3-].[Ti+2].[c-]1ccccc1C1=CC=CC1. The van der Waals surface area contributed by atoms with Gasteiger partial charge in [-0.2, -0.15) is 0 Å². The Labute approximate surface area is 138 Å². The standard InChI is InChI=1S/C11H9.C2H6O.CH3.2ClH.Ti/c1-2-6-10(7-3-1)11-8-4-5-9-11;1-2-3;;;;/h1-6,8H,9H2;3H,2H2,1H3;1H3;2*1H;/q-1;;-1;;;+2. The van der Waals surface area contributed by atoms with Gasteiger partial charge in [-0.25, -0.2) is 0 Å². The van der Waals surface area contributed by atoms with Gasteiger partial charge in [0.25, 0.3) is 0 Å². The topological polar surface area (TPSA) is 20.2 Å². The maximum atomic E-state index is 7.57. The fourth-order valence-corrected chi connectivity index (χ4v) is 1.24. The molecule has 1 aromatic rings. The zero-order chi connectivity index (χ0) is 10.2. The summed E-state index contributed by atoms with van der Waals surface area (Å²) in [5.41, 5.74) is 2.59. The van der Waals surface area contributed by atoms with E-state index in [1.54, 1.807) is 6.92 Å². The summed E-state index contributed by atoms with van der Waals surface area (Å²) in [4.78, 5) is 0. The van der Waals surface area contributed by atoms with Crippen LogP contribution in [-0.2, 0) is 21.7 Å². The number of aliphatic hydroxyl groups is 1. The molecule has 0 saturated carbocycles. The average Bonchev–Trinajstić information content (AvgIpc) is 2.73. The van der Waals surface area contributed by atoms with E-state index in [4.69, 9.17) is 5.11 Å². The van der Waals surface area contributed by atoms with Crippen LogP contribution in [0.3, 0.4) is 0 Å². The third-order valence-electron chi connectivity index (χ3n) is 1.83. The largest absolute Gasteiger partial charge is 2.00 e. The first-order chi connectivity index (χ1) is 6.88.